The largest absolute Gasteiger partial charge is 0.477 e. The third-order valence-corrected chi connectivity index (χ3v) is 3.09. The predicted molar refractivity (Wildman–Crippen MR) is 83.1 cm³/mol. The Morgan fingerprint density at radius 3 is 2.68 bits per heavy atom. The van der Waals surface area contributed by atoms with Gasteiger partial charge in [-0.15, -0.1) is 0 Å². The molecular formula is C16H16N2O4. The predicted octanol–water partition coefficient (Wildman–Crippen LogP) is 3.23. The van der Waals surface area contributed by atoms with E-state index >= 15 is 0 Å². The van der Waals surface area contributed by atoms with E-state index in [4.69, 9.17) is 4.74 Å². The van der Waals surface area contributed by atoms with Gasteiger partial charge in [0, 0.05) is 11.8 Å². The van der Waals surface area contributed by atoms with Gasteiger partial charge in [0.25, 0.3) is 5.91 Å². The highest BCUT2D eigenvalue weighted by Crippen LogP contribution is 2.25. The Labute approximate surface area is 127 Å². The number of hydrogen-bond donors (Lipinski definition) is 1. The van der Waals surface area contributed by atoms with Gasteiger partial charge in [-0.05, 0) is 37.1 Å². The van der Waals surface area contributed by atoms with Crippen LogP contribution in [0.3, 0.4) is 0 Å². The third kappa shape index (κ3) is 3.82. The first-order chi connectivity index (χ1) is 10.5. The maximum atomic E-state index is 11.9. The molecule has 114 valence electrons. The minimum absolute atomic E-state index is 0.0728. The van der Waals surface area contributed by atoms with Gasteiger partial charge in [-0.3, -0.25) is 14.9 Å². The van der Waals surface area contributed by atoms with Gasteiger partial charge in [-0.2, -0.15) is 0 Å². The van der Waals surface area contributed by atoms with Crippen molar-refractivity contribution in [2.75, 3.05) is 11.9 Å². The second kappa shape index (κ2) is 6.71. The fourth-order valence-corrected chi connectivity index (χ4v) is 1.93. The van der Waals surface area contributed by atoms with Gasteiger partial charge in [-0.1, -0.05) is 24.3 Å². The average Bonchev–Trinajstić information content (AvgIpc) is 2.49. The van der Waals surface area contributed by atoms with Gasteiger partial charge in [-0.25, -0.2) is 0 Å². The number of nitrogens with one attached hydrogen (secondary N) is 1. The van der Waals surface area contributed by atoms with Crippen LogP contribution in [0.25, 0.3) is 0 Å². The van der Waals surface area contributed by atoms with Crippen LogP contribution in [0.4, 0.5) is 11.4 Å². The molecule has 0 unspecified atom stereocenters. The van der Waals surface area contributed by atoms with Gasteiger partial charge < -0.3 is 10.1 Å². The Hall–Kier alpha value is -2.89. The monoisotopic (exact) mass is 300 g/mol. The lowest BCUT2D eigenvalue weighted by Crippen LogP contribution is -2.21. The minimum Gasteiger partial charge on any atom is -0.477 e. The Morgan fingerprint density at radius 1 is 1.23 bits per heavy atom. The van der Waals surface area contributed by atoms with Crippen molar-refractivity contribution in [2.24, 2.45) is 0 Å². The first-order valence-corrected chi connectivity index (χ1v) is 6.70. The van der Waals surface area contributed by atoms with Crippen molar-refractivity contribution in [2.45, 2.75) is 13.8 Å². The van der Waals surface area contributed by atoms with Crippen LogP contribution in [-0.4, -0.2) is 17.4 Å². The number of benzene rings is 2. The van der Waals surface area contributed by atoms with E-state index < -0.39 is 4.92 Å². The quantitative estimate of drug-likeness (QED) is 0.679. The molecule has 2 aromatic rings. The van der Waals surface area contributed by atoms with Crippen molar-refractivity contribution in [1.82, 2.24) is 0 Å². The first-order valence-electron chi connectivity index (χ1n) is 6.70. The summed E-state index contributed by atoms with van der Waals surface area (Å²) in [5, 5.41) is 13.6. The maximum Gasteiger partial charge on any atom is 0.310 e. The Bertz CT molecular complexity index is 713. The number of carbonyl (C=O) groups is 1. The van der Waals surface area contributed by atoms with E-state index in [1.165, 1.54) is 12.1 Å². The van der Waals surface area contributed by atoms with Gasteiger partial charge in [0.15, 0.2) is 12.4 Å². The van der Waals surface area contributed by atoms with Crippen LogP contribution < -0.4 is 10.1 Å². The van der Waals surface area contributed by atoms with Crippen LogP contribution in [0.5, 0.6) is 5.75 Å². The molecule has 22 heavy (non-hydrogen) atoms. The van der Waals surface area contributed by atoms with E-state index in [1.54, 1.807) is 12.1 Å². The molecule has 0 aliphatic heterocycles. The number of carbonyl (C=O) groups excluding carboxylic acids is 1. The molecule has 0 spiro atoms. The van der Waals surface area contributed by atoms with Gasteiger partial charge >= 0.3 is 5.69 Å². The van der Waals surface area contributed by atoms with Crippen molar-refractivity contribution in [3.8, 4) is 5.75 Å². The molecular weight excluding hydrogens is 284 g/mol. The normalized spacial score (nSPS) is 10.1. The van der Waals surface area contributed by atoms with E-state index in [-0.39, 0.29) is 24.0 Å². The fraction of sp³-hybridized carbons (Fsp3) is 0.188. The number of para-hydroxylation sites is 2. The molecule has 2 aromatic carbocycles. The van der Waals surface area contributed by atoms with Crippen molar-refractivity contribution >= 4 is 17.3 Å². The fourth-order valence-electron chi connectivity index (χ4n) is 1.93. The lowest BCUT2D eigenvalue weighted by molar-refractivity contribution is -0.385. The zero-order valence-electron chi connectivity index (χ0n) is 12.3. The van der Waals surface area contributed by atoms with Crippen LogP contribution in [0.15, 0.2) is 42.5 Å². The molecule has 6 heteroatoms. The van der Waals surface area contributed by atoms with Crippen LogP contribution in [0, 0.1) is 24.0 Å². The number of hydrogen-bond acceptors (Lipinski definition) is 4. The second-order valence-electron chi connectivity index (χ2n) is 4.88. The lowest BCUT2D eigenvalue weighted by Gasteiger charge is -2.10. The molecule has 0 radical (unpaired) electrons. The third-order valence-electron chi connectivity index (χ3n) is 3.09. The molecule has 0 aromatic heterocycles. The van der Waals surface area contributed by atoms with Crippen LogP contribution in [0.2, 0.25) is 0 Å². The highest BCUT2D eigenvalue weighted by atomic mass is 16.6. The van der Waals surface area contributed by atoms with Crippen molar-refractivity contribution in [3.05, 3.63) is 63.7 Å². The van der Waals surface area contributed by atoms with E-state index in [0.29, 0.717) is 5.69 Å². The summed E-state index contributed by atoms with van der Waals surface area (Å²) in [7, 11) is 0. The lowest BCUT2D eigenvalue weighted by atomic mass is 10.1. The van der Waals surface area contributed by atoms with Crippen molar-refractivity contribution in [3.63, 3.8) is 0 Å². The molecule has 0 bridgehead atoms. The van der Waals surface area contributed by atoms with Gasteiger partial charge in [0.05, 0.1) is 4.92 Å². The zero-order valence-corrected chi connectivity index (χ0v) is 12.3. The number of ether oxygens (including phenoxy) is 1. The molecule has 0 aliphatic carbocycles. The number of nitrogens with zero attached hydrogens (tertiary/aromatic N) is 1. The molecule has 0 fully saturated rings. The zero-order chi connectivity index (χ0) is 16.1. The number of nitro groups is 1. The molecule has 0 heterocycles. The molecule has 1 amide bonds. The summed E-state index contributed by atoms with van der Waals surface area (Å²) in [6.45, 7) is 3.52. The average molecular weight is 300 g/mol. The molecule has 2 rings (SSSR count). The molecule has 1 N–H and O–H groups in total. The SMILES string of the molecule is Cc1ccc(C)c(NC(=O)COc2ccccc2[N+](=O)[O-])c1. The number of rotatable bonds is 5. The smallest absolute Gasteiger partial charge is 0.310 e. The summed E-state index contributed by atoms with van der Waals surface area (Å²) in [6.07, 6.45) is 0. The van der Waals surface area contributed by atoms with Crippen LogP contribution in [0.1, 0.15) is 11.1 Å². The molecule has 6 nitrogen and oxygen atoms in total. The van der Waals surface area contributed by atoms with E-state index in [2.05, 4.69) is 5.32 Å². The minimum atomic E-state index is -0.544. The van der Waals surface area contributed by atoms with E-state index in [0.717, 1.165) is 11.1 Å². The molecule has 0 saturated carbocycles. The summed E-state index contributed by atoms with van der Waals surface area (Å²) in [4.78, 5) is 22.2. The summed E-state index contributed by atoms with van der Waals surface area (Å²) < 4.78 is 5.25. The van der Waals surface area contributed by atoms with Gasteiger partial charge in [0.1, 0.15) is 0 Å². The number of nitro benzene ring substituents is 1. The Balaban J connectivity index is 2.02. The summed E-state index contributed by atoms with van der Waals surface area (Å²) >= 11 is 0. The highest BCUT2D eigenvalue weighted by Gasteiger charge is 2.15. The van der Waals surface area contributed by atoms with Crippen LogP contribution in [-0.2, 0) is 4.79 Å². The number of amides is 1. The second-order valence-corrected chi connectivity index (χ2v) is 4.88. The summed E-state index contributed by atoms with van der Waals surface area (Å²) in [5.41, 5.74) is 2.50. The van der Waals surface area contributed by atoms with Crippen LogP contribution >= 0.6 is 0 Å². The summed E-state index contributed by atoms with van der Waals surface area (Å²) in [5.74, 6) is -0.296. The maximum absolute atomic E-state index is 11.9. The van der Waals surface area contributed by atoms with Crippen molar-refractivity contribution < 1.29 is 14.5 Å². The molecule has 0 aliphatic rings. The molecule has 0 atom stereocenters. The topological polar surface area (TPSA) is 81.5 Å². The highest BCUT2D eigenvalue weighted by molar-refractivity contribution is 5.92. The van der Waals surface area contributed by atoms with E-state index in [9.17, 15) is 14.9 Å². The standard InChI is InChI=1S/C16H16N2O4/c1-11-7-8-12(2)13(9-11)17-16(19)10-22-15-6-4-3-5-14(15)18(20)21/h3-9H,10H2,1-2H3,(H,17,19). The first kappa shape index (κ1) is 15.5. The van der Waals surface area contributed by atoms with Gasteiger partial charge in [0.2, 0.25) is 0 Å². The molecule has 0 saturated heterocycles. The van der Waals surface area contributed by atoms with Crippen molar-refractivity contribution in [1.29, 1.82) is 0 Å². The summed E-state index contributed by atoms with van der Waals surface area (Å²) in [6, 6.07) is 11.7. The number of anilines is 1. The number of aryl methyl sites for hydroxylation is 2. The Kier molecular flexibility index (Phi) is 4.73. The van der Waals surface area contributed by atoms with E-state index in [1.807, 2.05) is 32.0 Å². The Morgan fingerprint density at radius 2 is 1.95 bits per heavy atom.